The predicted octanol–water partition coefficient (Wildman–Crippen LogP) is 2.00. The molecule has 0 aromatic heterocycles. The van der Waals surface area contributed by atoms with Gasteiger partial charge in [0, 0.05) is 37.1 Å². The second kappa shape index (κ2) is 7.90. The van der Waals surface area contributed by atoms with Crippen molar-refractivity contribution < 1.29 is 22.7 Å². The summed E-state index contributed by atoms with van der Waals surface area (Å²) in [4.78, 5) is 28.8. The van der Waals surface area contributed by atoms with Crippen molar-refractivity contribution in [2.75, 3.05) is 20.2 Å². The van der Waals surface area contributed by atoms with Gasteiger partial charge in [0.2, 0.25) is 10.0 Å². The molecule has 2 aromatic carbocycles. The molecule has 162 valence electrons. The first-order chi connectivity index (χ1) is 14.7. The average molecular weight is 442 g/mol. The van der Waals surface area contributed by atoms with Gasteiger partial charge in [-0.05, 0) is 31.2 Å². The maximum absolute atomic E-state index is 13.0. The van der Waals surface area contributed by atoms with Crippen LogP contribution in [0.2, 0.25) is 0 Å². The number of rotatable bonds is 5. The third kappa shape index (κ3) is 3.98. The molecule has 1 amide bonds. The number of methoxy groups -OCH3 is 1. The first kappa shape index (κ1) is 21.2. The van der Waals surface area contributed by atoms with Gasteiger partial charge in [0.05, 0.1) is 12.0 Å². The third-order valence-corrected chi connectivity index (χ3v) is 7.59. The largest absolute Gasteiger partial charge is 0.497 e. The van der Waals surface area contributed by atoms with Gasteiger partial charge >= 0.3 is 0 Å². The summed E-state index contributed by atoms with van der Waals surface area (Å²) in [7, 11) is -2.14. The van der Waals surface area contributed by atoms with Crippen molar-refractivity contribution in [3.8, 4) is 5.75 Å². The zero-order valence-corrected chi connectivity index (χ0v) is 18.1. The number of Topliss-reactive ketones (excluding diaryl/α,β-unsaturated/α-hetero) is 1. The summed E-state index contributed by atoms with van der Waals surface area (Å²) in [6, 6.07) is 13.1. The van der Waals surface area contributed by atoms with E-state index >= 15 is 0 Å². The van der Waals surface area contributed by atoms with E-state index in [0.717, 1.165) is 0 Å². The number of amides is 1. The molecule has 1 fully saturated rings. The van der Waals surface area contributed by atoms with Gasteiger partial charge in [0.1, 0.15) is 17.1 Å². The monoisotopic (exact) mass is 441 g/mol. The van der Waals surface area contributed by atoms with Crippen LogP contribution in [0.5, 0.6) is 5.75 Å². The molecule has 1 N–H and O–H groups in total. The Morgan fingerprint density at radius 3 is 2.42 bits per heavy atom. The Balaban J connectivity index is 1.51. The number of hydrogen-bond acceptors (Lipinski definition) is 6. The fourth-order valence-electron chi connectivity index (χ4n) is 3.87. The molecule has 0 unspecified atom stereocenters. The second-order valence-corrected chi connectivity index (χ2v) is 9.60. The van der Waals surface area contributed by atoms with E-state index in [1.54, 1.807) is 31.4 Å². The van der Waals surface area contributed by atoms with Crippen LogP contribution in [0.4, 0.5) is 0 Å². The first-order valence-corrected chi connectivity index (χ1v) is 11.4. The van der Waals surface area contributed by atoms with E-state index in [1.165, 1.54) is 35.5 Å². The van der Waals surface area contributed by atoms with Crippen molar-refractivity contribution >= 4 is 27.4 Å². The Kier molecular flexibility index (Phi) is 5.40. The predicted molar refractivity (Wildman–Crippen MR) is 115 cm³/mol. The van der Waals surface area contributed by atoms with Crippen LogP contribution in [-0.4, -0.2) is 56.0 Å². The molecule has 0 aliphatic carbocycles. The number of ether oxygens (including phenoxy) is 1. The third-order valence-electron chi connectivity index (χ3n) is 5.68. The van der Waals surface area contributed by atoms with Crippen LogP contribution in [0.1, 0.15) is 35.7 Å². The Labute approximate surface area is 181 Å². The minimum absolute atomic E-state index is 0.120. The number of sulfonamides is 1. The lowest BCUT2D eigenvalue weighted by molar-refractivity contribution is -0.115. The molecule has 2 heterocycles. The summed E-state index contributed by atoms with van der Waals surface area (Å²) in [6.07, 6.45) is 0.744. The molecule has 2 aliphatic heterocycles. The van der Waals surface area contributed by atoms with E-state index in [0.29, 0.717) is 35.4 Å². The summed E-state index contributed by atoms with van der Waals surface area (Å²) < 4.78 is 32.6. The van der Waals surface area contributed by atoms with Gasteiger partial charge in [-0.15, -0.1) is 0 Å². The number of piperidine rings is 1. The Morgan fingerprint density at radius 2 is 1.81 bits per heavy atom. The summed E-state index contributed by atoms with van der Waals surface area (Å²) in [5, 5.41) is 2.94. The van der Waals surface area contributed by atoms with Crippen LogP contribution in [-0.2, 0) is 14.8 Å². The van der Waals surface area contributed by atoms with E-state index < -0.39 is 15.7 Å². The van der Waals surface area contributed by atoms with Gasteiger partial charge in [-0.3, -0.25) is 14.6 Å². The van der Waals surface area contributed by atoms with Crippen molar-refractivity contribution in [2.45, 2.75) is 30.3 Å². The van der Waals surface area contributed by atoms with Crippen molar-refractivity contribution in [1.29, 1.82) is 0 Å². The molecule has 0 atom stereocenters. The lowest BCUT2D eigenvalue weighted by Gasteiger charge is -2.36. The van der Waals surface area contributed by atoms with Crippen molar-refractivity contribution in [3.05, 3.63) is 59.7 Å². The Bertz CT molecular complexity index is 1160. The molecule has 2 aliphatic rings. The molecule has 8 nitrogen and oxygen atoms in total. The highest BCUT2D eigenvalue weighted by Gasteiger charge is 2.44. The zero-order chi connectivity index (χ0) is 22.2. The number of nitrogens with one attached hydrogen (secondary N) is 1. The van der Waals surface area contributed by atoms with Crippen LogP contribution < -0.4 is 10.1 Å². The maximum atomic E-state index is 13.0. The van der Waals surface area contributed by atoms with Crippen LogP contribution >= 0.6 is 0 Å². The molecule has 2 aromatic rings. The molecule has 1 spiro atoms. The SMILES string of the molecule is COc1cccc(C2=NC3(CCN(S(=O)(=O)c4ccc(C(C)=O)cc4)CC3)NC2=O)c1. The van der Waals surface area contributed by atoms with E-state index in [-0.39, 0.29) is 29.7 Å². The minimum atomic E-state index is -3.69. The van der Waals surface area contributed by atoms with E-state index in [4.69, 9.17) is 4.74 Å². The number of carbonyl (C=O) groups excluding carboxylic acids is 2. The van der Waals surface area contributed by atoms with Gasteiger partial charge in [-0.25, -0.2) is 8.42 Å². The topological polar surface area (TPSA) is 105 Å². The number of aliphatic imine (C=N–C) groups is 1. The number of ketones is 1. The lowest BCUT2D eigenvalue weighted by Crippen LogP contribution is -2.52. The van der Waals surface area contributed by atoms with Crippen LogP contribution in [0.3, 0.4) is 0 Å². The second-order valence-electron chi connectivity index (χ2n) is 7.66. The molecule has 9 heteroatoms. The van der Waals surface area contributed by atoms with Gasteiger partial charge in [0.25, 0.3) is 5.91 Å². The van der Waals surface area contributed by atoms with Gasteiger partial charge in [0.15, 0.2) is 5.78 Å². The Hall–Kier alpha value is -3.04. The summed E-state index contributed by atoms with van der Waals surface area (Å²) in [6.45, 7) is 1.89. The van der Waals surface area contributed by atoms with E-state index in [2.05, 4.69) is 10.3 Å². The highest BCUT2D eigenvalue weighted by Crippen LogP contribution is 2.32. The molecule has 0 radical (unpaired) electrons. The van der Waals surface area contributed by atoms with E-state index in [1.807, 2.05) is 0 Å². The number of hydrogen-bond donors (Lipinski definition) is 1. The molecule has 31 heavy (non-hydrogen) atoms. The summed E-state index contributed by atoms with van der Waals surface area (Å²) in [5.41, 5.74) is 0.647. The van der Waals surface area contributed by atoms with Gasteiger partial charge in [-0.1, -0.05) is 24.3 Å². The normalized spacial score (nSPS) is 18.5. The molecule has 0 saturated carbocycles. The van der Waals surface area contributed by atoms with Crippen molar-refractivity contribution in [1.82, 2.24) is 9.62 Å². The minimum Gasteiger partial charge on any atom is -0.497 e. The lowest BCUT2D eigenvalue weighted by atomic mass is 10.00. The van der Waals surface area contributed by atoms with Crippen LogP contribution in [0.25, 0.3) is 0 Å². The fourth-order valence-corrected chi connectivity index (χ4v) is 5.31. The van der Waals surface area contributed by atoms with Crippen LogP contribution in [0, 0.1) is 0 Å². The number of carbonyl (C=O) groups is 2. The molecule has 1 saturated heterocycles. The zero-order valence-electron chi connectivity index (χ0n) is 17.3. The highest BCUT2D eigenvalue weighted by atomic mass is 32.2. The van der Waals surface area contributed by atoms with E-state index in [9.17, 15) is 18.0 Å². The van der Waals surface area contributed by atoms with Crippen molar-refractivity contribution in [3.63, 3.8) is 0 Å². The molecule has 0 bridgehead atoms. The smallest absolute Gasteiger partial charge is 0.272 e. The maximum Gasteiger partial charge on any atom is 0.272 e. The Morgan fingerprint density at radius 1 is 1.13 bits per heavy atom. The van der Waals surface area contributed by atoms with Gasteiger partial charge in [-0.2, -0.15) is 4.31 Å². The fraction of sp³-hybridized carbons (Fsp3) is 0.318. The summed E-state index contributed by atoms with van der Waals surface area (Å²) >= 11 is 0. The molecule has 4 rings (SSSR count). The standard InChI is InChI=1S/C22H23N3O5S/c1-15(26)16-6-8-19(9-7-16)31(28,29)25-12-10-22(11-13-25)23-20(21(27)24-22)17-4-3-5-18(14-17)30-2/h3-9,14H,10-13H2,1-2H3,(H,24,27). The molecular formula is C22H23N3O5S. The van der Waals surface area contributed by atoms with Gasteiger partial charge < -0.3 is 10.1 Å². The average Bonchev–Trinajstić information content (AvgIpc) is 3.09. The highest BCUT2D eigenvalue weighted by molar-refractivity contribution is 7.89. The quantitative estimate of drug-likeness (QED) is 0.715. The van der Waals surface area contributed by atoms with Crippen LogP contribution in [0.15, 0.2) is 58.4 Å². The van der Waals surface area contributed by atoms with Crippen molar-refractivity contribution in [2.24, 2.45) is 4.99 Å². The molecular weight excluding hydrogens is 418 g/mol. The number of nitrogens with zero attached hydrogens (tertiary/aromatic N) is 2. The number of benzene rings is 2. The summed E-state index contributed by atoms with van der Waals surface area (Å²) in [5.74, 6) is 0.237. The first-order valence-electron chi connectivity index (χ1n) is 9.92.